The Bertz CT molecular complexity index is 2190. The normalized spacial score (nSPS) is 15.8. The van der Waals surface area contributed by atoms with E-state index < -0.39 is 5.41 Å². The first-order valence-electron chi connectivity index (χ1n) is 16.1. The number of fused-ring (bicyclic) bond motifs is 11. The van der Waals surface area contributed by atoms with Gasteiger partial charge in [-0.3, -0.25) is 0 Å². The average molecular weight is 592 g/mol. The largest absolute Gasteiger partial charge is 0.397 e. The highest BCUT2D eigenvalue weighted by molar-refractivity contribution is 5.91. The molecular weight excluding hydrogens is 558 g/mol. The van der Waals surface area contributed by atoms with Gasteiger partial charge in [0, 0.05) is 11.1 Å². The van der Waals surface area contributed by atoms with Crippen molar-refractivity contribution in [1.29, 1.82) is 5.26 Å². The first-order valence-corrected chi connectivity index (χ1v) is 16.1. The van der Waals surface area contributed by atoms with Gasteiger partial charge in [-0.2, -0.15) is 5.26 Å². The second-order valence-corrected chi connectivity index (χ2v) is 13.4. The number of benzene rings is 6. The quantitative estimate of drug-likeness (QED) is 0.193. The van der Waals surface area contributed by atoms with Gasteiger partial charge in [0.05, 0.1) is 28.0 Å². The highest BCUT2D eigenvalue weighted by Gasteiger charge is 2.50. The van der Waals surface area contributed by atoms with Crippen molar-refractivity contribution in [3.05, 3.63) is 177 Å². The van der Waals surface area contributed by atoms with Gasteiger partial charge >= 0.3 is 0 Å². The highest BCUT2D eigenvalue weighted by Crippen LogP contribution is 2.61. The van der Waals surface area contributed by atoms with Crippen LogP contribution in [0.3, 0.4) is 0 Å². The van der Waals surface area contributed by atoms with E-state index in [1.807, 2.05) is 6.07 Å². The first kappa shape index (κ1) is 26.8. The number of nitrogens with zero attached hydrogens (tertiary/aromatic N) is 2. The van der Waals surface area contributed by atoms with E-state index in [2.05, 4.69) is 146 Å². The Labute approximate surface area is 270 Å². The molecule has 220 valence electrons. The fourth-order valence-electron chi connectivity index (χ4n) is 8.83. The zero-order valence-electron chi connectivity index (χ0n) is 26.0. The number of anilines is 4. The second-order valence-electron chi connectivity index (χ2n) is 13.4. The van der Waals surface area contributed by atoms with E-state index >= 15 is 0 Å². The van der Waals surface area contributed by atoms with Gasteiger partial charge in [0.2, 0.25) is 0 Å². The van der Waals surface area contributed by atoms with E-state index in [0.29, 0.717) is 11.3 Å². The van der Waals surface area contributed by atoms with Gasteiger partial charge in [-0.15, -0.1) is 0 Å². The molecule has 1 aliphatic heterocycles. The predicted octanol–water partition coefficient (Wildman–Crippen LogP) is 9.71. The Hall–Kier alpha value is -5.59. The molecule has 9 rings (SSSR count). The van der Waals surface area contributed by atoms with Crippen LogP contribution < -0.4 is 10.6 Å². The number of rotatable bonds is 1. The Balaban J connectivity index is 1.41. The summed E-state index contributed by atoms with van der Waals surface area (Å²) >= 11 is 0. The minimum Gasteiger partial charge on any atom is -0.397 e. The van der Waals surface area contributed by atoms with Crippen molar-refractivity contribution in [2.75, 3.05) is 10.6 Å². The van der Waals surface area contributed by atoms with E-state index in [-0.39, 0.29) is 5.41 Å². The van der Waals surface area contributed by atoms with Crippen LogP contribution in [0.2, 0.25) is 0 Å². The van der Waals surface area contributed by atoms with Crippen LogP contribution >= 0.6 is 0 Å². The summed E-state index contributed by atoms with van der Waals surface area (Å²) < 4.78 is 0. The molecule has 6 aromatic rings. The standard InChI is InChI=1S/C43H33N3/c1-42(2)35-15-7-9-17-38(35)46(39-18-10-8-16-36(39)42)30-24-23-27-19-20-28-21-22-29(26-44)41(45)40(28)43(37(27)25-30)33-13-5-3-11-31(33)32-12-4-6-14-34(32)43/h3-18,21-25H,19-20,45H2,1-2H3. The lowest BCUT2D eigenvalue weighted by Crippen LogP contribution is -2.32. The Morgan fingerprint density at radius 2 is 1.13 bits per heavy atom. The van der Waals surface area contributed by atoms with E-state index in [9.17, 15) is 5.26 Å². The predicted molar refractivity (Wildman–Crippen MR) is 187 cm³/mol. The lowest BCUT2D eigenvalue weighted by Gasteiger charge is -2.42. The molecule has 3 nitrogen and oxygen atoms in total. The third-order valence-electron chi connectivity index (χ3n) is 10.8. The number of nitrogens with two attached hydrogens (primary N) is 1. The van der Waals surface area contributed by atoms with Gasteiger partial charge in [-0.05, 0) is 98.8 Å². The summed E-state index contributed by atoms with van der Waals surface area (Å²) in [4.78, 5) is 2.44. The van der Waals surface area contributed by atoms with Gasteiger partial charge in [-0.1, -0.05) is 111 Å². The first-order chi connectivity index (χ1) is 22.5. The molecule has 46 heavy (non-hydrogen) atoms. The summed E-state index contributed by atoms with van der Waals surface area (Å²) in [6, 6.07) is 48.7. The SMILES string of the molecule is CC1(C)c2ccccc2N(c2ccc3c(c2)C2(c4ccccc4-c4ccccc42)c2c(ccc(C#N)c2N)CC3)c2ccccc21. The Morgan fingerprint density at radius 1 is 0.609 bits per heavy atom. The molecule has 0 bridgehead atoms. The molecule has 1 spiro atoms. The molecule has 0 amide bonds. The average Bonchev–Trinajstić information content (AvgIpc) is 3.29. The molecule has 2 N–H and O–H groups in total. The summed E-state index contributed by atoms with van der Waals surface area (Å²) in [6.45, 7) is 4.65. The lowest BCUT2D eigenvalue weighted by molar-refractivity contribution is 0.632. The fraction of sp³-hybridized carbons (Fsp3) is 0.140. The van der Waals surface area contributed by atoms with Crippen LogP contribution in [0.25, 0.3) is 11.1 Å². The van der Waals surface area contributed by atoms with E-state index in [1.165, 1.54) is 61.4 Å². The molecule has 0 atom stereocenters. The minimum absolute atomic E-state index is 0.138. The van der Waals surface area contributed by atoms with Gasteiger partial charge in [0.25, 0.3) is 0 Å². The van der Waals surface area contributed by atoms with Crippen LogP contribution in [0.5, 0.6) is 0 Å². The zero-order chi connectivity index (χ0) is 31.2. The third kappa shape index (κ3) is 3.31. The lowest BCUT2D eigenvalue weighted by atomic mass is 9.65. The smallest absolute Gasteiger partial charge is 0.101 e. The number of nitrogen functional groups attached to an aromatic ring is 1. The molecule has 0 unspecified atom stereocenters. The van der Waals surface area contributed by atoms with Crippen LogP contribution in [0.1, 0.15) is 63.9 Å². The number of para-hydroxylation sites is 2. The molecule has 0 radical (unpaired) electrons. The van der Waals surface area contributed by atoms with Crippen LogP contribution in [-0.2, 0) is 23.7 Å². The topological polar surface area (TPSA) is 53.0 Å². The zero-order valence-corrected chi connectivity index (χ0v) is 26.0. The molecule has 6 aromatic carbocycles. The van der Waals surface area contributed by atoms with Crippen molar-refractivity contribution < 1.29 is 0 Å². The highest BCUT2D eigenvalue weighted by atomic mass is 15.2. The molecule has 0 saturated carbocycles. The van der Waals surface area contributed by atoms with Gasteiger partial charge in [0.1, 0.15) is 6.07 Å². The minimum atomic E-state index is -0.671. The van der Waals surface area contributed by atoms with Crippen LogP contribution in [0.4, 0.5) is 22.7 Å². The van der Waals surface area contributed by atoms with E-state index in [1.54, 1.807) is 0 Å². The van der Waals surface area contributed by atoms with Crippen molar-refractivity contribution in [1.82, 2.24) is 0 Å². The maximum Gasteiger partial charge on any atom is 0.101 e. The van der Waals surface area contributed by atoms with Gasteiger partial charge < -0.3 is 10.6 Å². The van der Waals surface area contributed by atoms with Crippen LogP contribution in [-0.4, -0.2) is 0 Å². The van der Waals surface area contributed by atoms with Crippen molar-refractivity contribution in [3.63, 3.8) is 0 Å². The Kier molecular flexibility index (Phi) is 5.51. The molecular formula is C43H33N3. The number of hydrogen-bond donors (Lipinski definition) is 1. The number of nitriles is 1. The molecule has 0 aromatic heterocycles. The molecule has 0 fully saturated rings. The summed E-state index contributed by atoms with van der Waals surface area (Å²) in [5, 5.41) is 10.2. The van der Waals surface area contributed by atoms with Crippen molar-refractivity contribution in [2.24, 2.45) is 0 Å². The van der Waals surface area contributed by atoms with Crippen molar-refractivity contribution in [2.45, 2.75) is 37.5 Å². The molecule has 1 heterocycles. The number of hydrogen-bond acceptors (Lipinski definition) is 3. The van der Waals surface area contributed by atoms with Crippen molar-refractivity contribution in [3.8, 4) is 17.2 Å². The van der Waals surface area contributed by atoms with Gasteiger partial charge in [-0.25, -0.2) is 0 Å². The van der Waals surface area contributed by atoms with E-state index in [4.69, 9.17) is 5.73 Å². The third-order valence-corrected chi connectivity index (χ3v) is 10.8. The number of aryl methyl sites for hydroxylation is 2. The summed E-state index contributed by atoms with van der Waals surface area (Å²) in [6.07, 6.45) is 1.74. The molecule has 3 aliphatic rings. The molecule has 3 heteroatoms. The molecule has 2 aliphatic carbocycles. The van der Waals surface area contributed by atoms with Crippen LogP contribution in [0.15, 0.2) is 127 Å². The van der Waals surface area contributed by atoms with Crippen LogP contribution in [0, 0.1) is 11.3 Å². The molecule has 0 saturated heterocycles. The van der Waals surface area contributed by atoms with Gasteiger partial charge in [0.15, 0.2) is 0 Å². The maximum absolute atomic E-state index is 10.2. The Morgan fingerprint density at radius 3 is 1.74 bits per heavy atom. The summed E-state index contributed by atoms with van der Waals surface area (Å²) in [5.74, 6) is 0. The summed E-state index contributed by atoms with van der Waals surface area (Å²) in [7, 11) is 0. The monoisotopic (exact) mass is 591 g/mol. The van der Waals surface area contributed by atoms with Crippen molar-refractivity contribution >= 4 is 22.7 Å². The fourth-order valence-corrected chi connectivity index (χ4v) is 8.83. The maximum atomic E-state index is 10.2. The van der Waals surface area contributed by atoms with E-state index in [0.717, 1.165) is 24.1 Å². The summed E-state index contributed by atoms with van der Waals surface area (Å²) in [5.41, 5.74) is 23.3. The second kappa shape index (κ2) is 9.46.